The smallest absolute Gasteiger partial charge is 0.254 e. The molecule has 0 spiro atoms. The van der Waals surface area contributed by atoms with Crippen LogP contribution in [0.5, 0.6) is 5.75 Å². The van der Waals surface area contributed by atoms with Gasteiger partial charge in [-0.05, 0) is 13.0 Å². The van der Waals surface area contributed by atoms with Crippen LogP contribution in [0.3, 0.4) is 0 Å². The molecule has 3 heteroatoms. The lowest BCUT2D eigenvalue weighted by molar-refractivity contribution is 0.471. The first-order chi connectivity index (χ1) is 4.74. The first kappa shape index (κ1) is 6.86. The highest BCUT2D eigenvalue weighted by Gasteiger charge is 1.92. The fourth-order valence-corrected chi connectivity index (χ4v) is 0.759. The van der Waals surface area contributed by atoms with Gasteiger partial charge >= 0.3 is 0 Å². The van der Waals surface area contributed by atoms with E-state index < -0.39 is 0 Å². The molecular weight excluding hydrogens is 130 g/mol. The standard InChI is InChI=1S/C7H9NO2/c1-2-8-4-3-6(9)5-7(8)10/h3-5,9H,2H2,1H3. The maximum absolute atomic E-state index is 10.9. The van der Waals surface area contributed by atoms with E-state index in [2.05, 4.69) is 0 Å². The summed E-state index contributed by atoms with van der Waals surface area (Å²) in [6, 6.07) is 2.69. The van der Waals surface area contributed by atoms with Crippen LogP contribution in [0.25, 0.3) is 0 Å². The van der Waals surface area contributed by atoms with E-state index in [4.69, 9.17) is 5.11 Å². The van der Waals surface area contributed by atoms with Crippen LogP contribution in [0, 0.1) is 0 Å². The Morgan fingerprint density at radius 3 is 2.90 bits per heavy atom. The summed E-state index contributed by atoms with van der Waals surface area (Å²) in [7, 11) is 0. The van der Waals surface area contributed by atoms with Crippen LogP contribution in [0.2, 0.25) is 0 Å². The number of rotatable bonds is 1. The molecule has 0 unspecified atom stereocenters. The second-order valence-electron chi connectivity index (χ2n) is 2.01. The third kappa shape index (κ3) is 1.18. The number of nitrogens with zero attached hydrogens (tertiary/aromatic N) is 1. The highest BCUT2D eigenvalue weighted by Crippen LogP contribution is 2.00. The summed E-state index contributed by atoms with van der Waals surface area (Å²) in [5, 5.41) is 8.82. The summed E-state index contributed by atoms with van der Waals surface area (Å²) in [4.78, 5) is 10.9. The summed E-state index contributed by atoms with van der Waals surface area (Å²) in [5.74, 6) is 0.0229. The van der Waals surface area contributed by atoms with Gasteiger partial charge in [-0.3, -0.25) is 4.79 Å². The van der Waals surface area contributed by atoms with Gasteiger partial charge in [0, 0.05) is 18.8 Å². The Labute approximate surface area is 58.5 Å². The van der Waals surface area contributed by atoms with Crippen molar-refractivity contribution >= 4 is 0 Å². The van der Waals surface area contributed by atoms with E-state index in [1.165, 1.54) is 16.7 Å². The van der Waals surface area contributed by atoms with E-state index in [1.54, 1.807) is 6.20 Å². The minimum absolute atomic E-state index is 0.0229. The minimum atomic E-state index is -0.164. The highest BCUT2D eigenvalue weighted by molar-refractivity contribution is 5.15. The Morgan fingerprint density at radius 2 is 2.40 bits per heavy atom. The lowest BCUT2D eigenvalue weighted by Crippen LogP contribution is -2.16. The first-order valence-corrected chi connectivity index (χ1v) is 3.13. The van der Waals surface area contributed by atoms with Crippen LogP contribution in [-0.2, 0) is 6.54 Å². The number of pyridine rings is 1. The fraction of sp³-hybridized carbons (Fsp3) is 0.286. The van der Waals surface area contributed by atoms with Gasteiger partial charge in [0.2, 0.25) is 0 Å². The second kappa shape index (κ2) is 2.56. The zero-order valence-electron chi connectivity index (χ0n) is 5.74. The Bertz CT molecular complexity index is 277. The molecule has 0 bridgehead atoms. The molecule has 54 valence electrons. The minimum Gasteiger partial charge on any atom is -0.508 e. The van der Waals surface area contributed by atoms with Gasteiger partial charge < -0.3 is 9.67 Å². The van der Waals surface area contributed by atoms with Crippen molar-refractivity contribution in [1.82, 2.24) is 4.57 Å². The molecule has 10 heavy (non-hydrogen) atoms. The Kier molecular flexibility index (Phi) is 1.76. The van der Waals surface area contributed by atoms with Crippen LogP contribution in [0.1, 0.15) is 6.92 Å². The molecule has 0 aliphatic heterocycles. The van der Waals surface area contributed by atoms with Crippen LogP contribution >= 0.6 is 0 Å². The van der Waals surface area contributed by atoms with Crippen molar-refractivity contribution in [3.8, 4) is 5.75 Å². The number of hydrogen-bond acceptors (Lipinski definition) is 2. The van der Waals surface area contributed by atoms with Crippen LogP contribution in [0.15, 0.2) is 23.1 Å². The highest BCUT2D eigenvalue weighted by atomic mass is 16.3. The van der Waals surface area contributed by atoms with Crippen molar-refractivity contribution in [2.24, 2.45) is 0 Å². The van der Waals surface area contributed by atoms with E-state index in [9.17, 15) is 4.79 Å². The van der Waals surface area contributed by atoms with Crippen molar-refractivity contribution in [3.05, 3.63) is 28.7 Å². The number of aryl methyl sites for hydroxylation is 1. The van der Waals surface area contributed by atoms with Gasteiger partial charge in [-0.25, -0.2) is 0 Å². The van der Waals surface area contributed by atoms with Gasteiger partial charge in [0.25, 0.3) is 5.56 Å². The molecule has 0 saturated heterocycles. The average molecular weight is 139 g/mol. The van der Waals surface area contributed by atoms with Crippen molar-refractivity contribution < 1.29 is 5.11 Å². The molecule has 0 atom stereocenters. The maximum atomic E-state index is 10.9. The van der Waals surface area contributed by atoms with Gasteiger partial charge in [0.05, 0.1) is 0 Å². The zero-order valence-corrected chi connectivity index (χ0v) is 5.74. The Balaban J connectivity index is 3.20. The summed E-state index contributed by atoms with van der Waals surface area (Å²) in [6.45, 7) is 2.51. The second-order valence-corrected chi connectivity index (χ2v) is 2.01. The quantitative estimate of drug-likeness (QED) is 0.618. The Hall–Kier alpha value is -1.25. The first-order valence-electron chi connectivity index (χ1n) is 3.13. The van der Waals surface area contributed by atoms with Crippen molar-refractivity contribution in [3.63, 3.8) is 0 Å². The van der Waals surface area contributed by atoms with Crippen molar-refractivity contribution in [2.45, 2.75) is 13.5 Å². The van der Waals surface area contributed by atoms with E-state index in [-0.39, 0.29) is 11.3 Å². The maximum Gasteiger partial charge on any atom is 0.254 e. The largest absolute Gasteiger partial charge is 0.508 e. The summed E-state index contributed by atoms with van der Waals surface area (Å²) in [5.41, 5.74) is -0.164. The van der Waals surface area contributed by atoms with E-state index in [0.29, 0.717) is 6.54 Å². The van der Waals surface area contributed by atoms with Crippen LogP contribution in [-0.4, -0.2) is 9.67 Å². The van der Waals surface area contributed by atoms with Crippen molar-refractivity contribution in [2.75, 3.05) is 0 Å². The van der Waals surface area contributed by atoms with Gasteiger partial charge in [0.15, 0.2) is 0 Å². The topological polar surface area (TPSA) is 42.2 Å². The number of aromatic hydroxyl groups is 1. The number of aromatic nitrogens is 1. The lowest BCUT2D eigenvalue weighted by atomic mass is 10.4. The monoisotopic (exact) mass is 139 g/mol. The van der Waals surface area contributed by atoms with Gasteiger partial charge in [-0.15, -0.1) is 0 Å². The molecule has 1 aromatic rings. The van der Waals surface area contributed by atoms with Gasteiger partial charge in [-0.1, -0.05) is 0 Å². The molecule has 0 amide bonds. The predicted octanol–water partition coefficient (Wildman–Crippen LogP) is 0.574. The molecule has 0 aliphatic carbocycles. The van der Waals surface area contributed by atoms with Gasteiger partial charge in [-0.2, -0.15) is 0 Å². The predicted molar refractivity (Wildman–Crippen MR) is 38.0 cm³/mol. The molecule has 0 saturated carbocycles. The zero-order chi connectivity index (χ0) is 7.56. The van der Waals surface area contributed by atoms with E-state index >= 15 is 0 Å². The fourth-order valence-electron chi connectivity index (χ4n) is 0.759. The van der Waals surface area contributed by atoms with Crippen LogP contribution in [0.4, 0.5) is 0 Å². The van der Waals surface area contributed by atoms with Crippen molar-refractivity contribution in [1.29, 1.82) is 0 Å². The third-order valence-corrected chi connectivity index (χ3v) is 1.32. The molecule has 0 aliphatic rings. The van der Waals surface area contributed by atoms with E-state index in [1.807, 2.05) is 6.92 Å². The van der Waals surface area contributed by atoms with E-state index in [0.717, 1.165) is 0 Å². The molecule has 3 nitrogen and oxygen atoms in total. The normalized spacial score (nSPS) is 9.70. The molecule has 0 aromatic carbocycles. The third-order valence-electron chi connectivity index (χ3n) is 1.32. The molecule has 1 heterocycles. The SMILES string of the molecule is CCn1ccc(O)cc1=O. The van der Waals surface area contributed by atoms with Crippen LogP contribution < -0.4 is 5.56 Å². The number of hydrogen-bond donors (Lipinski definition) is 1. The molecule has 1 aromatic heterocycles. The molecule has 1 N–H and O–H groups in total. The summed E-state index contributed by atoms with van der Waals surface area (Å²) < 4.78 is 1.51. The lowest BCUT2D eigenvalue weighted by Gasteiger charge is -1.98. The Morgan fingerprint density at radius 1 is 1.70 bits per heavy atom. The molecule has 0 fully saturated rings. The molecule has 0 radical (unpaired) electrons. The average Bonchev–Trinajstić information content (AvgIpc) is 1.88. The summed E-state index contributed by atoms with van der Waals surface area (Å²) >= 11 is 0. The molecule has 1 rings (SSSR count). The van der Waals surface area contributed by atoms with Gasteiger partial charge in [0.1, 0.15) is 5.75 Å². The summed E-state index contributed by atoms with van der Waals surface area (Å²) in [6.07, 6.45) is 1.57. The molecular formula is C7H9NO2.